The van der Waals surface area contributed by atoms with Crippen molar-refractivity contribution < 1.29 is 23.9 Å². The van der Waals surface area contributed by atoms with Crippen LogP contribution in [0, 0.1) is 11.8 Å². The van der Waals surface area contributed by atoms with E-state index in [1.165, 1.54) is 14.2 Å². The maximum atomic E-state index is 12.8. The van der Waals surface area contributed by atoms with Crippen molar-refractivity contribution in [1.82, 2.24) is 19.8 Å². The Hall–Kier alpha value is -2.26. The molecule has 0 aliphatic carbocycles. The number of imidazole rings is 1. The second-order valence-electron chi connectivity index (χ2n) is 6.65. The van der Waals surface area contributed by atoms with Gasteiger partial charge in [0.05, 0.1) is 31.6 Å². The molecule has 0 spiro atoms. The molecule has 0 radical (unpaired) electrons. The molecule has 2 amide bonds. The number of nitrogens with zero attached hydrogens (tertiary/aromatic N) is 3. The van der Waals surface area contributed by atoms with E-state index in [1.54, 1.807) is 26.4 Å². The number of ether oxygens (including phenoxy) is 2. The summed E-state index contributed by atoms with van der Waals surface area (Å²) in [5, 5.41) is 3.24. The number of rotatable bonds is 6. The van der Waals surface area contributed by atoms with Gasteiger partial charge in [0.1, 0.15) is 11.4 Å². The fourth-order valence-corrected chi connectivity index (χ4v) is 4.18. The lowest BCUT2D eigenvalue weighted by Crippen LogP contribution is -2.55. The van der Waals surface area contributed by atoms with Crippen molar-refractivity contribution in [3.05, 3.63) is 18.2 Å². The van der Waals surface area contributed by atoms with Gasteiger partial charge in [-0.05, 0) is 6.42 Å². The van der Waals surface area contributed by atoms with E-state index in [9.17, 15) is 14.4 Å². The van der Waals surface area contributed by atoms with E-state index in [2.05, 4.69) is 10.3 Å². The molecule has 0 unspecified atom stereocenters. The zero-order chi connectivity index (χ0) is 19.1. The van der Waals surface area contributed by atoms with Crippen LogP contribution in [0.5, 0.6) is 0 Å². The van der Waals surface area contributed by atoms with Crippen LogP contribution < -0.4 is 5.32 Å². The van der Waals surface area contributed by atoms with Crippen molar-refractivity contribution in [1.29, 1.82) is 0 Å². The molecule has 0 saturated carbocycles. The quantitative estimate of drug-likeness (QED) is 0.547. The number of likely N-dealkylation sites (tertiary alicyclic amines) is 1. The summed E-state index contributed by atoms with van der Waals surface area (Å²) in [6.07, 6.45) is 3.75. The molecular weight excluding hydrogens is 340 g/mol. The predicted octanol–water partition coefficient (Wildman–Crippen LogP) is -0.273. The number of aromatic nitrogens is 2. The second kappa shape index (κ2) is 6.81. The number of esters is 1. The van der Waals surface area contributed by atoms with Crippen LogP contribution in [-0.2, 0) is 30.4 Å². The lowest BCUT2D eigenvalue weighted by molar-refractivity contribution is -0.154. The number of hydrogen-bond donors (Lipinski definition) is 1. The average Bonchev–Trinajstić information content (AvgIpc) is 3.31. The molecule has 1 aromatic heterocycles. The van der Waals surface area contributed by atoms with Gasteiger partial charge in [0.2, 0.25) is 11.8 Å². The first-order valence-corrected chi connectivity index (χ1v) is 8.60. The molecule has 9 nitrogen and oxygen atoms in total. The van der Waals surface area contributed by atoms with Crippen LogP contribution in [0.3, 0.4) is 0 Å². The number of carbonyl (C=O) groups is 3. The standard InChI is InChI=1S/C17H24N4O5/c1-5-17(16(24)26-4)11-10(14(22)20(2)15(11)23)12(19-17)13-18-6-7-21(13)8-9-25-3/h6-7,10-12,19H,5,8-9H2,1-4H3/t10-,11-,12+,17-/m0/s1. The molecule has 0 aromatic carbocycles. The van der Waals surface area contributed by atoms with Crippen molar-refractivity contribution in [3.8, 4) is 0 Å². The number of amides is 2. The Morgan fingerprint density at radius 1 is 1.35 bits per heavy atom. The van der Waals surface area contributed by atoms with E-state index in [1.807, 2.05) is 4.57 Å². The number of carbonyl (C=O) groups excluding carboxylic acids is 3. The number of hydrogen-bond acceptors (Lipinski definition) is 7. The van der Waals surface area contributed by atoms with Gasteiger partial charge in [-0.2, -0.15) is 0 Å². The lowest BCUT2D eigenvalue weighted by Gasteiger charge is -2.30. The number of fused-ring (bicyclic) bond motifs is 1. The molecule has 9 heteroatoms. The highest BCUT2D eigenvalue weighted by Crippen LogP contribution is 2.49. The number of methoxy groups -OCH3 is 2. The average molecular weight is 364 g/mol. The second-order valence-corrected chi connectivity index (χ2v) is 6.65. The Bertz CT molecular complexity index is 732. The highest BCUT2D eigenvalue weighted by Gasteiger charge is 2.68. The van der Waals surface area contributed by atoms with Gasteiger partial charge in [-0.15, -0.1) is 0 Å². The summed E-state index contributed by atoms with van der Waals surface area (Å²) in [6.45, 7) is 2.83. The molecule has 0 bridgehead atoms. The molecule has 142 valence electrons. The van der Waals surface area contributed by atoms with Crippen LogP contribution in [0.1, 0.15) is 25.2 Å². The van der Waals surface area contributed by atoms with E-state index < -0.39 is 29.4 Å². The Balaban J connectivity index is 2.08. The summed E-state index contributed by atoms with van der Waals surface area (Å²) in [4.78, 5) is 43.7. The Morgan fingerprint density at radius 2 is 2.08 bits per heavy atom. The maximum absolute atomic E-state index is 12.8. The Kier molecular flexibility index (Phi) is 4.85. The van der Waals surface area contributed by atoms with E-state index in [4.69, 9.17) is 9.47 Å². The summed E-state index contributed by atoms with van der Waals surface area (Å²) in [5.41, 5.74) is -1.25. The third-order valence-corrected chi connectivity index (χ3v) is 5.54. The molecule has 2 aliphatic rings. The van der Waals surface area contributed by atoms with E-state index in [0.717, 1.165) is 4.90 Å². The monoisotopic (exact) mass is 364 g/mol. The lowest BCUT2D eigenvalue weighted by atomic mass is 9.78. The first kappa shape index (κ1) is 18.5. The molecule has 4 atom stereocenters. The third-order valence-electron chi connectivity index (χ3n) is 5.54. The molecule has 2 saturated heterocycles. The van der Waals surface area contributed by atoms with Crippen molar-refractivity contribution >= 4 is 17.8 Å². The molecule has 1 aromatic rings. The van der Waals surface area contributed by atoms with Crippen LogP contribution in [0.25, 0.3) is 0 Å². The van der Waals surface area contributed by atoms with E-state index in [-0.39, 0.29) is 11.8 Å². The summed E-state index contributed by atoms with van der Waals surface area (Å²) in [5.74, 6) is -2.11. The van der Waals surface area contributed by atoms with Crippen LogP contribution in [0.4, 0.5) is 0 Å². The van der Waals surface area contributed by atoms with E-state index >= 15 is 0 Å². The molecule has 2 aliphatic heterocycles. The maximum Gasteiger partial charge on any atom is 0.326 e. The molecular formula is C17H24N4O5. The zero-order valence-electron chi connectivity index (χ0n) is 15.4. The van der Waals surface area contributed by atoms with E-state index in [0.29, 0.717) is 25.4 Å². The van der Waals surface area contributed by atoms with Crippen molar-refractivity contribution in [2.45, 2.75) is 31.5 Å². The molecule has 3 rings (SSSR count). The number of nitrogens with one attached hydrogen (secondary N) is 1. The molecule has 1 N–H and O–H groups in total. The fraction of sp³-hybridized carbons (Fsp3) is 0.647. The first-order chi connectivity index (χ1) is 12.4. The van der Waals surface area contributed by atoms with Gasteiger partial charge in [0.15, 0.2) is 0 Å². The van der Waals surface area contributed by atoms with Gasteiger partial charge in [-0.25, -0.2) is 4.98 Å². The summed E-state index contributed by atoms with van der Waals surface area (Å²) in [6, 6.07) is -0.563. The minimum absolute atomic E-state index is 0.307. The molecule has 26 heavy (non-hydrogen) atoms. The van der Waals surface area contributed by atoms with Gasteiger partial charge in [0.25, 0.3) is 0 Å². The normalized spacial score (nSPS) is 30.8. The van der Waals surface area contributed by atoms with Crippen molar-refractivity contribution in [2.24, 2.45) is 11.8 Å². The SMILES string of the molecule is CC[C@]1(C(=O)OC)N[C@@H](c2nccn2CCOC)[C@H]2C(=O)N(C)C(=O)[C@H]21. The van der Waals surface area contributed by atoms with Crippen LogP contribution >= 0.6 is 0 Å². The van der Waals surface area contributed by atoms with Gasteiger partial charge in [-0.1, -0.05) is 6.92 Å². The topological polar surface area (TPSA) is 103 Å². The third kappa shape index (κ3) is 2.45. The Morgan fingerprint density at radius 3 is 2.69 bits per heavy atom. The summed E-state index contributed by atoms with van der Waals surface area (Å²) < 4.78 is 12.0. The highest BCUT2D eigenvalue weighted by molar-refractivity contribution is 6.09. The van der Waals surface area contributed by atoms with Gasteiger partial charge >= 0.3 is 5.97 Å². The summed E-state index contributed by atoms with van der Waals surface area (Å²) >= 11 is 0. The predicted molar refractivity (Wildman–Crippen MR) is 89.8 cm³/mol. The Labute approximate surface area is 151 Å². The van der Waals surface area contributed by atoms with Crippen molar-refractivity contribution in [2.75, 3.05) is 27.9 Å². The minimum Gasteiger partial charge on any atom is -0.468 e. The largest absolute Gasteiger partial charge is 0.468 e. The number of imide groups is 1. The highest BCUT2D eigenvalue weighted by atomic mass is 16.5. The van der Waals surface area contributed by atoms with Gasteiger partial charge in [-0.3, -0.25) is 24.6 Å². The smallest absolute Gasteiger partial charge is 0.326 e. The first-order valence-electron chi connectivity index (χ1n) is 8.60. The van der Waals surface area contributed by atoms with Gasteiger partial charge < -0.3 is 14.0 Å². The minimum atomic E-state index is -1.25. The molecule has 3 heterocycles. The zero-order valence-corrected chi connectivity index (χ0v) is 15.4. The summed E-state index contributed by atoms with van der Waals surface area (Å²) in [7, 11) is 4.34. The fourth-order valence-electron chi connectivity index (χ4n) is 4.18. The van der Waals surface area contributed by atoms with Crippen LogP contribution in [0.15, 0.2) is 12.4 Å². The van der Waals surface area contributed by atoms with Crippen molar-refractivity contribution in [3.63, 3.8) is 0 Å². The van der Waals surface area contributed by atoms with Gasteiger partial charge in [0, 0.05) is 33.1 Å². The molecule has 2 fully saturated rings. The van der Waals surface area contributed by atoms with Crippen LogP contribution in [0.2, 0.25) is 0 Å². The van der Waals surface area contributed by atoms with Crippen LogP contribution in [-0.4, -0.2) is 65.6 Å².